The van der Waals surface area contributed by atoms with Crippen molar-refractivity contribution < 1.29 is 22.7 Å². The van der Waals surface area contributed by atoms with Crippen LogP contribution in [0.25, 0.3) is 0 Å². The first-order chi connectivity index (χ1) is 12.5. The van der Waals surface area contributed by atoms with Crippen LogP contribution in [0.3, 0.4) is 0 Å². The molecule has 2 aromatic rings. The Labute approximate surface area is 152 Å². The molecular formula is C19H21NO5S. The molecule has 0 unspecified atom stereocenters. The van der Waals surface area contributed by atoms with Gasteiger partial charge in [-0.1, -0.05) is 0 Å². The maximum atomic E-state index is 12.2. The SMILES string of the molecule is NCCC(=O)Oc1ccc(Oc2ccc(S(=O)(=O)CC3CC3)cc2)cc1. The van der Waals surface area contributed by atoms with E-state index in [1.165, 1.54) is 0 Å². The highest BCUT2D eigenvalue weighted by Gasteiger charge is 2.28. The van der Waals surface area contributed by atoms with Crippen LogP contribution in [0.2, 0.25) is 0 Å². The first kappa shape index (κ1) is 18.4. The van der Waals surface area contributed by atoms with Gasteiger partial charge in [0.1, 0.15) is 17.2 Å². The Hall–Kier alpha value is -2.38. The van der Waals surface area contributed by atoms with Gasteiger partial charge in [0.25, 0.3) is 0 Å². The second-order valence-electron chi connectivity index (χ2n) is 6.28. The Morgan fingerprint density at radius 2 is 1.50 bits per heavy atom. The third kappa shape index (κ3) is 5.06. The van der Waals surface area contributed by atoms with Crippen molar-refractivity contribution in [3.63, 3.8) is 0 Å². The summed E-state index contributed by atoms with van der Waals surface area (Å²) >= 11 is 0. The minimum atomic E-state index is -3.22. The molecule has 0 bridgehead atoms. The van der Waals surface area contributed by atoms with Crippen molar-refractivity contribution in [2.24, 2.45) is 11.7 Å². The number of carbonyl (C=O) groups is 1. The van der Waals surface area contributed by atoms with E-state index in [1.54, 1.807) is 48.5 Å². The number of esters is 1. The molecule has 26 heavy (non-hydrogen) atoms. The summed E-state index contributed by atoms with van der Waals surface area (Å²) in [6.07, 6.45) is 2.16. The molecule has 0 saturated heterocycles. The van der Waals surface area contributed by atoms with Crippen LogP contribution in [0.15, 0.2) is 53.4 Å². The van der Waals surface area contributed by atoms with Crippen LogP contribution < -0.4 is 15.2 Å². The van der Waals surface area contributed by atoms with E-state index in [2.05, 4.69) is 0 Å². The fraction of sp³-hybridized carbons (Fsp3) is 0.316. The zero-order valence-corrected chi connectivity index (χ0v) is 15.1. The van der Waals surface area contributed by atoms with Gasteiger partial charge in [0, 0.05) is 6.54 Å². The summed E-state index contributed by atoms with van der Waals surface area (Å²) in [5.74, 6) is 1.65. The highest BCUT2D eigenvalue weighted by atomic mass is 32.2. The zero-order chi connectivity index (χ0) is 18.6. The summed E-state index contributed by atoms with van der Waals surface area (Å²) in [6.45, 7) is 0.242. The van der Waals surface area contributed by atoms with Crippen molar-refractivity contribution in [3.05, 3.63) is 48.5 Å². The number of sulfone groups is 1. The summed E-state index contributed by atoms with van der Waals surface area (Å²) < 4.78 is 35.3. The molecule has 0 aliphatic heterocycles. The van der Waals surface area contributed by atoms with Crippen molar-refractivity contribution in [1.82, 2.24) is 0 Å². The molecule has 2 N–H and O–H groups in total. The van der Waals surface area contributed by atoms with Crippen molar-refractivity contribution in [1.29, 1.82) is 0 Å². The largest absolute Gasteiger partial charge is 0.457 e. The quantitative estimate of drug-likeness (QED) is 0.563. The van der Waals surface area contributed by atoms with Gasteiger partial charge in [-0.15, -0.1) is 0 Å². The van der Waals surface area contributed by atoms with E-state index < -0.39 is 9.84 Å². The number of nitrogens with two attached hydrogens (primary N) is 1. The Morgan fingerprint density at radius 1 is 0.962 bits per heavy atom. The molecule has 2 aromatic carbocycles. The molecule has 138 valence electrons. The van der Waals surface area contributed by atoms with Gasteiger partial charge in [-0.05, 0) is 67.3 Å². The molecule has 1 aliphatic rings. The van der Waals surface area contributed by atoms with Gasteiger partial charge < -0.3 is 15.2 Å². The maximum Gasteiger partial charge on any atom is 0.312 e. The minimum Gasteiger partial charge on any atom is -0.457 e. The Morgan fingerprint density at radius 3 is 2.04 bits per heavy atom. The molecule has 6 nitrogen and oxygen atoms in total. The third-order valence-corrected chi connectivity index (χ3v) is 5.88. The lowest BCUT2D eigenvalue weighted by Gasteiger charge is -2.08. The Bertz CT molecular complexity index is 856. The van der Waals surface area contributed by atoms with Gasteiger partial charge in [-0.25, -0.2) is 8.42 Å². The van der Waals surface area contributed by atoms with E-state index in [9.17, 15) is 13.2 Å². The Balaban J connectivity index is 1.61. The summed E-state index contributed by atoms with van der Waals surface area (Å²) in [5, 5.41) is 0. The first-order valence-corrected chi connectivity index (χ1v) is 10.1. The van der Waals surface area contributed by atoms with Gasteiger partial charge >= 0.3 is 5.97 Å². The van der Waals surface area contributed by atoms with Crippen molar-refractivity contribution in [3.8, 4) is 17.2 Å². The average Bonchev–Trinajstić information content (AvgIpc) is 3.41. The molecule has 1 fully saturated rings. The molecule has 0 spiro atoms. The van der Waals surface area contributed by atoms with Crippen LogP contribution in [0, 0.1) is 5.92 Å². The van der Waals surface area contributed by atoms with Crippen molar-refractivity contribution in [2.75, 3.05) is 12.3 Å². The lowest BCUT2D eigenvalue weighted by Crippen LogP contribution is -2.13. The lowest BCUT2D eigenvalue weighted by atomic mass is 10.3. The molecule has 3 rings (SSSR count). The van der Waals surface area contributed by atoms with Crippen LogP contribution in [0.1, 0.15) is 19.3 Å². The monoisotopic (exact) mass is 375 g/mol. The molecule has 1 aliphatic carbocycles. The van der Waals surface area contributed by atoms with Crippen LogP contribution in [-0.4, -0.2) is 26.7 Å². The summed E-state index contributed by atoms with van der Waals surface area (Å²) in [4.78, 5) is 11.7. The van der Waals surface area contributed by atoms with Crippen molar-refractivity contribution >= 4 is 15.8 Å². The van der Waals surface area contributed by atoms with Crippen molar-refractivity contribution in [2.45, 2.75) is 24.2 Å². The van der Waals surface area contributed by atoms with Gasteiger partial charge in [0.05, 0.1) is 17.1 Å². The number of rotatable bonds is 8. The van der Waals surface area contributed by atoms with E-state index in [-0.39, 0.29) is 24.7 Å². The van der Waals surface area contributed by atoms with Crippen LogP contribution in [0.5, 0.6) is 17.2 Å². The fourth-order valence-electron chi connectivity index (χ4n) is 2.42. The summed E-state index contributed by atoms with van der Waals surface area (Å²) in [6, 6.07) is 13.0. The predicted molar refractivity (Wildman–Crippen MR) is 97.0 cm³/mol. The maximum absolute atomic E-state index is 12.2. The highest BCUT2D eigenvalue weighted by molar-refractivity contribution is 7.91. The molecule has 7 heteroatoms. The lowest BCUT2D eigenvalue weighted by molar-refractivity contribution is -0.134. The Kier molecular flexibility index (Phi) is 5.58. The molecule has 1 saturated carbocycles. The van der Waals surface area contributed by atoms with E-state index in [1.807, 2.05) is 0 Å². The van der Waals surface area contributed by atoms with E-state index in [0.29, 0.717) is 28.1 Å². The number of ether oxygens (including phenoxy) is 2. The minimum absolute atomic E-state index is 0.161. The molecular weight excluding hydrogens is 354 g/mol. The summed E-state index contributed by atoms with van der Waals surface area (Å²) in [5.41, 5.74) is 5.30. The van der Waals surface area contributed by atoms with Gasteiger partial charge in [-0.2, -0.15) is 0 Å². The van der Waals surface area contributed by atoms with Gasteiger partial charge in [0.2, 0.25) is 0 Å². The van der Waals surface area contributed by atoms with Crippen LogP contribution in [0.4, 0.5) is 0 Å². The fourth-order valence-corrected chi connectivity index (χ4v) is 4.12. The topological polar surface area (TPSA) is 95.7 Å². The molecule has 0 amide bonds. The number of carbonyl (C=O) groups excluding carboxylic acids is 1. The molecule has 0 atom stereocenters. The average molecular weight is 375 g/mol. The predicted octanol–water partition coefficient (Wildman–Crippen LogP) is 2.92. The zero-order valence-electron chi connectivity index (χ0n) is 14.3. The second-order valence-corrected chi connectivity index (χ2v) is 8.32. The van der Waals surface area contributed by atoms with Gasteiger partial charge in [-0.3, -0.25) is 4.79 Å². The van der Waals surface area contributed by atoms with E-state index in [0.717, 1.165) is 12.8 Å². The third-order valence-electron chi connectivity index (χ3n) is 3.97. The number of hydrogen-bond acceptors (Lipinski definition) is 6. The first-order valence-electron chi connectivity index (χ1n) is 8.48. The highest BCUT2D eigenvalue weighted by Crippen LogP contribution is 2.33. The smallest absolute Gasteiger partial charge is 0.312 e. The van der Waals surface area contributed by atoms with E-state index >= 15 is 0 Å². The second kappa shape index (κ2) is 7.88. The standard InChI is InChI=1S/C19H21NO5S/c20-12-11-19(21)25-17-5-3-15(4-6-17)24-16-7-9-18(10-8-16)26(22,23)13-14-1-2-14/h3-10,14H,1-2,11-13,20H2. The number of benzene rings is 2. The van der Waals surface area contributed by atoms with Crippen LogP contribution in [-0.2, 0) is 14.6 Å². The van der Waals surface area contributed by atoms with E-state index in [4.69, 9.17) is 15.2 Å². The molecule has 0 heterocycles. The van der Waals surface area contributed by atoms with Crippen LogP contribution >= 0.6 is 0 Å². The number of hydrogen-bond donors (Lipinski definition) is 1. The molecule has 0 radical (unpaired) electrons. The van der Waals surface area contributed by atoms with Gasteiger partial charge in [0.15, 0.2) is 9.84 Å². The molecule has 0 aromatic heterocycles. The normalized spacial score (nSPS) is 14.0. The summed E-state index contributed by atoms with van der Waals surface area (Å²) in [7, 11) is -3.22.